The van der Waals surface area contributed by atoms with E-state index in [4.69, 9.17) is 4.74 Å². The maximum atomic E-state index is 6.17. The fourth-order valence-electron chi connectivity index (χ4n) is 3.61. The molecule has 2 aliphatic carbocycles. The van der Waals surface area contributed by atoms with Crippen molar-refractivity contribution in [1.29, 1.82) is 0 Å². The number of hydrogen-bond acceptors (Lipinski definition) is 1. The number of ether oxygens (including phenoxy) is 1. The number of nitrogens with one attached hydrogen (secondary N) is 1. The van der Waals surface area contributed by atoms with Gasteiger partial charge in [-0.2, -0.15) is 0 Å². The van der Waals surface area contributed by atoms with Crippen molar-refractivity contribution in [3.8, 4) is 5.75 Å². The predicted molar refractivity (Wildman–Crippen MR) is 68.2 cm³/mol. The van der Waals surface area contributed by atoms with Crippen LogP contribution in [0.1, 0.15) is 25.7 Å². The summed E-state index contributed by atoms with van der Waals surface area (Å²) in [6.45, 7) is 0. The van der Waals surface area contributed by atoms with Crippen LogP contribution in [0.25, 0.3) is 10.9 Å². The second kappa shape index (κ2) is 3.52. The fraction of sp³-hybridized carbons (Fsp3) is 0.467. The number of aromatic nitrogens is 1. The Hall–Kier alpha value is -1.44. The van der Waals surface area contributed by atoms with E-state index in [9.17, 15) is 0 Å². The van der Waals surface area contributed by atoms with E-state index >= 15 is 0 Å². The molecule has 2 aromatic rings. The Kier molecular flexibility index (Phi) is 1.99. The van der Waals surface area contributed by atoms with Gasteiger partial charge in [0.05, 0.1) is 0 Å². The van der Waals surface area contributed by atoms with Crippen LogP contribution in [0.4, 0.5) is 0 Å². The summed E-state index contributed by atoms with van der Waals surface area (Å²) in [7, 11) is 0. The lowest BCUT2D eigenvalue weighted by molar-refractivity contribution is 0.138. The maximum Gasteiger partial charge on any atom is 0.120 e. The van der Waals surface area contributed by atoms with Crippen LogP contribution >= 0.6 is 0 Å². The van der Waals surface area contributed by atoms with E-state index < -0.39 is 0 Å². The minimum absolute atomic E-state index is 0.477. The Labute approximate surface area is 101 Å². The molecule has 0 spiro atoms. The van der Waals surface area contributed by atoms with Gasteiger partial charge in [0.1, 0.15) is 11.9 Å². The van der Waals surface area contributed by atoms with Crippen LogP contribution in [0.3, 0.4) is 0 Å². The number of hydrogen-bond donors (Lipinski definition) is 1. The van der Waals surface area contributed by atoms with Crippen molar-refractivity contribution in [3.63, 3.8) is 0 Å². The van der Waals surface area contributed by atoms with E-state index in [-0.39, 0.29) is 0 Å². The molecule has 1 heterocycles. The largest absolute Gasteiger partial charge is 0.490 e. The van der Waals surface area contributed by atoms with Crippen molar-refractivity contribution in [1.82, 2.24) is 4.98 Å². The zero-order valence-corrected chi connectivity index (χ0v) is 9.86. The van der Waals surface area contributed by atoms with E-state index in [1.165, 1.54) is 36.6 Å². The first-order valence-electron chi connectivity index (χ1n) is 6.62. The number of benzene rings is 1. The molecule has 1 N–H and O–H groups in total. The van der Waals surface area contributed by atoms with Gasteiger partial charge in [-0.15, -0.1) is 0 Å². The number of rotatable bonds is 2. The Morgan fingerprint density at radius 3 is 2.94 bits per heavy atom. The van der Waals surface area contributed by atoms with Gasteiger partial charge in [-0.3, -0.25) is 0 Å². The van der Waals surface area contributed by atoms with Crippen LogP contribution in [0.5, 0.6) is 5.75 Å². The zero-order valence-electron chi connectivity index (χ0n) is 9.86. The molecular weight excluding hydrogens is 210 g/mol. The molecule has 2 nitrogen and oxygen atoms in total. The molecule has 4 rings (SSSR count). The van der Waals surface area contributed by atoms with Gasteiger partial charge in [-0.05, 0) is 61.8 Å². The summed E-state index contributed by atoms with van der Waals surface area (Å²) >= 11 is 0. The third-order valence-electron chi connectivity index (χ3n) is 4.49. The van der Waals surface area contributed by atoms with Gasteiger partial charge in [0.25, 0.3) is 0 Å². The highest BCUT2D eigenvalue weighted by atomic mass is 16.5. The second-order valence-electron chi connectivity index (χ2n) is 5.56. The Bertz CT molecular complexity index is 545. The number of aromatic amines is 1. The molecule has 0 aliphatic heterocycles. The molecule has 3 unspecified atom stereocenters. The average molecular weight is 227 g/mol. The third kappa shape index (κ3) is 1.54. The molecular formula is C15H17NO. The highest BCUT2D eigenvalue weighted by Crippen LogP contribution is 2.46. The summed E-state index contributed by atoms with van der Waals surface area (Å²) in [6.07, 6.45) is 7.94. The van der Waals surface area contributed by atoms with Crippen molar-refractivity contribution < 1.29 is 4.74 Å². The summed E-state index contributed by atoms with van der Waals surface area (Å²) < 4.78 is 6.17. The Morgan fingerprint density at radius 2 is 2.12 bits per heavy atom. The minimum Gasteiger partial charge on any atom is -0.490 e. The topological polar surface area (TPSA) is 25.0 Å². The van der Waals surface area contributed by atoms with Gasteiger partial charge in [0.2, 0.25) is 0 Å². The van der Waals surface area contributed by atoms with Crippen LogP contribution < -0.4 is 4.74 Å². The van der Waals surface area contributed by atoms with Crippen molar-refractivity contribution in [3.05, 3.63) is 30.5 Å². The fourth-order valence-corrected chi connectivity index (χ4v) is 3.61. The van der Waals surface area contributed by atoms with Gasteiger partial charge < -0.3 is 9.72 Å². The minimum atomic E-state index is 0.477. The summed E-state index contributed by atoms with van der Waals surface area (Å²) in [4.78, 5) is 3.21. The molecule has 0 amide bonds. The normalized spacial score (nSPS) is 31.2. The van der Waals surface area contributed by atoms with Crippen molar-refractivity contribution in [2.45, 2.75) is 31.8 Å². The lowest BCUT2D eigenvalue weighted by Gasteiger charge is -2.23. The molecule has 1 aromatic carbocycles. The summed E-state index contributed by atoms with van der Waals surface area (Å²) in [5.74, 6) is 2.80. The Morgan fingerprint density at radius 1 is 1.12 bits per heavy atom. The summed E-state index contributed by atoms with van der Waals surface area (Å²) in [5.41, 5.74) is 1.19. The molecule has 2 heteroatoms. The molecule has 2 bridgehead atoms. The van der Waals surface area contributed by atoms with Crippen molar-refractivity contribution in [2.75, 3.05) is 0 Å². The molecule has 0 saturated heterocycles. The van der Waals surface area contributed by atoms with Crippen LogP contribution in [-0.4, -0.2) is 11.1 Å². The van der Waals surface area contributed by atoms with Gasteiger partial charge in [0.15, 0.2) is 0 Å². The summed E-state index contributed by atoms with van der Waals surface area (Å²) in [6, 6.07) is 8.45. The Balaban J connectivity index is 1.58. The molecule has 2 saturated carbocycles. The van der Waals surface area contributed by atoms with E-state index in [1.807, 2.05) is 6.20 Å². The lowest BCUT2D eigenvalue weighted by Crippen LogP contribution is -2.23. The van der Waals surface area contributed by atoms with Crippen LogP contribution in [0, 0.1) is 11.8 Å². The van der Waals surface area contributed by atoms with E-state index in [0.717, 1.165) is 17.6 Å². The monoisotopic (exact) mass is 227 g/mol. The molecule has 2 fully saturated rings. The van der Waals surface area contributed by atoms with Crippen LogP contribution in [-0.2, 0) is 0 Å². The molecule has 3 atom stereocenters. The summed E-state index contributed by atoms with van der Waals surface area (Å²) in [5, 5.41) is 1.24. The van der Waals surface area contributed by atoms with Crippen LogP contribution in [0.15, 0.2) is 30.5 Å². The lowest BCUT2D eigenvalue weighted by atomic mass is 9.98. The van der Waals surface area contributed by atoms with Crippen molar-refractivity contribution >= 4 is 10.9 Å². The third-order valence-corrected chi connectivity index (χ3v) is 4.49. The molecule has 2 aliphatic rings. The van der Waals surface area contributed by atoms with Crippen LogP contribution in [0.2, 0.25) is 0 Å². The second-order valence-corrected chi connectivity index (χ2v) is 5.56. The van der Waals surface area contributed by atoms with Gasteiger partial charge in [-0.1, -0.05) is 0 Å². The first-order valence-corrected chi connectivity index (χ1v) is 6.62. The van der Waals surface area contributed by atoms with Gasteiger partial charge >= 0.3 is 0 Å². The quantitative estimate of drug-likeness (QED) is 0.830. The van der Waals surface area contributed by atoms with Gasteiger partial charge in [0, 0.05) is 17.1 Å². The smallest absolute Gasteiger partial charge is 0.120 e. The standard InChI is InChI=1S/C15H17NO/c1-2-12-7-10(1)8-15(12)17-13-3-4-14-11(9-13)5-6-16-14/h3-6,9-10,12,15-16H,1-2,7-8H2. The zero-order chi connectivity index (χ0) is 11.2. The first-order chi connectivity index (χ1) is 8.38. The number of fused-ring (bicyclic) bond motifs is 3. The average Bonchev–Trinajstić information content (AvgIpc) is 3.03. The highest BCUT2D eigenvalue weighted by Gasteiger charge is 2.40. The SMILES string of the molecule is c1cc2cc(OC3CC4CCC3C4)ccc2[nH]1. The molecule has 1 aromatic heterocycles. The molecule has 17 heavy (non-hydrogen) atoms. The first kappa shape index (κ1) is 9.58. The molecule has 0 radical (unpaired) electrons. The highest BCUT2D eigenvalue weighted by molar-refractivity contribution is 5.80. The van der Waals surface area contributed by atoms with E-state index in [2.05, 4.69) is 29.2 Å². The van der Waals surface area contributed by atoms with Crippen molar-refractivity contribution in [2.24, 2.45) is 11.8 Å². The maximum absolute atomic E-state index is 6.17. The van der Waals surface area contributed by atoms with Gasteiger partial charge in [-0.25, -0.2) is 0 Å². The van der Waals surface area contributed by atoms with E-state index in [1.54, 1.807) is 0 Å². The number of H-pyrrole nitrogens is 1. The van der Waals surface area contributed by atoms with E-state index in [0.29, 0.717) is 6.10 Å². The molecule has 88 valence electrons. The predicted octanol–water partition coefficient (Wildman–Crippen LogP) is 3.74.